The Hall–Kier alpha value is -1.97. The molecule has 0 heterocycles. The number of ether oxygens (including phenoxy) is 1. The molecule has 0 saturated carbocycles. The van der Waals surface area contributed by atoms with Crippen molar-refractivity contribution in [3.8, 4) is 17.2 Å². The topological polar surface area (TPSA) is 66.8 Å². The van der Waals surface area contributed by atoms with Crippen LogP contribution in [0.15, 0.2) is 24.3 Å². The van der Waals surface area contributed by atoms with Crippen molar-refractivity contribution in [3.05, 3.63) is 29.8 Å². The van der Waals surface area contributed by atoms with Crippen molar-refractivity contribution in [1.82, 2.24) is 0 Å². The number of hydrogen-bond acceptors (Lipinski definition) is 4. The minimum absolute atomic E-state index is 0.0140. The van der Waals surface area contributed by atoms with E-state index < -0.39 is 5.97 Å². The Kier molecular flexibility index (Phi) is 12.1. The number of aromatic hydroxyl groups is 2. The van der Waals surface area contributed by atoms with Crippen LogP contribution in [0.3, 0.4) is 0 Å². The molecule has 0 fully saturated rings. The summed E-state index contributed by atoms with van der Waals surface area (Å²) in [4.78, 5) is 11.2. The van der Waals surface area contributed by atoms with Crippen LogP contribution in [-0.4, -0.2) is 16.2 Å². The molecule has 2 N–H and O–H groups in total. The van der Waals surface area contributed by atoms with Crippen molar-refractivity contribution >= 4 is 5.97 Å². The zero-order valence-corrected chi connectivity index (χ0v) is 17.0. The molecule has 1 aromatic carbocycles. The summed E-state index contributed by atoms with van der Waals surface area (Å²) in [6, 6.07) is 2.75. The van der Waals surface area contributed by atoms with Crippen LogP contribution < -0.4 is 4.74 Å². The summed E-state index contributed by atoms with van der Waals surface area (Å²) in [5, 5.41) is 19.5. The van der Waals surface area contributed by atoms with E-state index in [1.54, 1.807) is 6.07 Å². The largest absolute Gasteiger partial charge is 0.508 e. The van der Waals surface area contributed by atoms with Gasteiger partial charge in [0.15, 0.2) is 11.5 Å². The second kappa shape index (κ2) is 14.1. The molecule has 0 aliphatic heterocycles. The zero-order valence-electron chi connectivity index (χ0n) is 17.0. The van der Waals surface area contributed by atoms with E-state index in [2.05, 4.69) is 19.1 Å². The van der Waals surface area contributed by atoms with Crippen LogP contribution in [0.5, 0.6) is 17.2 Å². The summed E-state index contributed by atoms with van der Waals surface area (Å²) in [5.41, 5.74) is 0.675. The Labute approximate surface area is 164 Å². The molecule has 0 bridgehead atoms. The maximum Gasteiger partial charge on any atom is 0.308 e. The van der Waals surface area contributed by atoms with Crippen molar-refractivity contribution in [3.63, 3.8) is 0 Å². The fourth-order valence-electron chi connectivity index (χ4n) is 3.14. The Balaban J connectivity index is 2.18. The molecule has 4 heteroatoms. The highest BCUT2D eigenvalue weighted by molar-refractivity contribution is 5.71. The number of unbranched alkanes of at least 4 members (excludes halogenated alkanes) is 9. The van der Waals surface area contributed by atoms with Gasteiger partial charge in [-0.05, 0) is 44.6 Å². The van der Waals surface area contributed by atoms with E-state index in [0.29, 0.717) is 12.0 Å². The quantitative estimate of drug-likeness (QED) is 0.170. The first-order valence-electron chi connectivity index (χ1n) is 10.4. The molecule has 1 rings (SSSR count). The Bertz CT molecular complexity index is 578. The number of rotatable bonds is 14. The van der Waals surface area contributed by atoms with Gasteiger partial charge < -0.3 is 14.9 Å². The molecule has 0 spiro atoms. The summed E-state index contributed by atoms with van der Waals surface area (Å²) in [7, 11) is 0. The van der Waals surface area contributed by atoms with Gasteiger partial charge in [-0.15, -0.1) is 0 Å². The van der Waals surface area contributed by atoms with Gasteiger partial charge >= 0.3 is 5.97 Å². The highest BCUT2D eigenvalue weighted by Crippen LogP contribution is 2.35. The lowest BCUT2D eigenvalue weighted by Crippen LogP contribution is -2.04. The van der Waals surface area contributed by atoms with Crippen LogP contribution in [0.4, 0.5) is 0 Å². The predicted octanol–water partition coefficient (Wildman–Crippen LogP) is 6.43. The van der Waals surface area contributed by atoms with Gasteiger partial charge in [0.25, 0.3) is 0 Å². The molecule has 0 saturated heterocycles. The third kappa shape index (κ3) is 10.7. The molecule has 0 aliphatic carbocycles. The Morgan fingerprint density at radius 1 is 0.926 bits per heavy atom. The number of carbonyl (C=O) groups excluding carboxylic acids is 1. The molecule has 0 aromatic heterocycles. The van der Waals surface area contributed by atoms with Crippen LogP contribution in [-0.2, 0) is 11.2 Å². The van der Waals surface area contributed by atoms with Gasteiger partial charge in [0, 0.05) is 18.6 Å². The maximum atomic E-state index is 11.2. The Morgan fingerprint density at radius 2 is 1.52 bits per heavy atom. The molecule has 0 aliphatic rings. The molecule has 0 atom stereocenters. The van der Waals surface area contributed by atoms with E-state index in [9.17, 15) is 15.0 Å². The lowest BCUT2D eigenvalue weighted by atomic mass is 10.0. The number of benzene rings is 1. The lowest BCUT2D eigenvalue weighted by molar-refractivity contribution is -0.132. The maximum absolute atomic E-state index is 11.2. The lowest BCUT2D eigenvalue weighted by Gasteiger charge is -2.11. The Morgan fingerprint density at radius 3 is 2.15 bits per heavy atom. The second-order valence-electron chi connectivity index (χ2n) is 7.17. The number of phenolic OH excluding ortho intramolecular Hbond substituents is 2. The van der Waals surface area contributed by atoms with Crippen LogP contribution in [0.2, 0.25) is 0 Å². The van der Waals surface area contributed by atoms with Gasteiger partial charge in [0.05, 0.1) is 0 Å². The second-order valence-corrected chi connectivity index (χ2v) is 7.17. The molecule has 0 radical (unpaired) electrons. The number of hydrogen-bond donors (Lipinski definition) is 2. The third-order valence-electron chi connectivity index (χ3n) is 4.58. The molecule has 0 unspecified atom stereocenters. The van der Waals surface area contributed by atoms with Crippen LogP contribution in [0.1, 0.15) is 90.0 Å². The van der Waals surface area contributed by atoms with Crippen molar-refractivity contribution in [1.29, 1.82) is 0 Å². The number of carbonyl (C=O) groups is 1. The number of phenols is 2. The minimum Gasteiger partial charge on any atom is -0.508 e. The highest BCUT2D eigenvalue weighted by atomic mass is 16.5. The van der Waals surface area contributed by atoms with E-state index in [1.807, 2.05) is 0 Å². The number of esters is 1. The average molecular weight is 377 g/mol. The fraction of sp³-hybridized carbons (Fsp3) is 0.609. The molecule has 1 aromatic rings. The molecule has 152 valence electrons. The highest BCUT2D eigenvalue weighted by Gasteiger charge is 2.13. The van der Waals surface area contributed by atoms with Gasteiger partial charge in [-0.25, -0.2) is 0 Å². The van der Waals surface area contributed by atoms with Crippen molar-refractivity contribution in [2.24, 2.45) is 0 Å². The van der Waals surface area contributed by atoms with E-state index in [0.717, 1.165) is 25.7 Å². The predicted molar refractivity (Wildman–Crippen MR) is 110 cm³/mol. The monoisotopic (exact) mass is 376 g/mol. The van der Waals surface area contributed by atoms with Crippen molar-refractivity contribution in [2.75, 3.05) is 0 Å². The molecule has 4 nitrogen and oxygen atoms in total. The summed E-state index contributed by atoms with van der Waals surface area (Å²) in [6.07, 6.45) is 18.6. The first-order valence-corrected chi connectivity index (χ1v) is 10.4. The molecule has 27 heavy (non-hydrogen) atoms. The van der Waals surface area contributed by atoms with Crippen LogP contribution in [0, 0.1) is 0 Å². The van der Waals surface area contributed by atoms with Crippen molar-refractivity contribution < 1.29 is 19.7 Å². The molecular formula is C23H36O4. The van der Waals surface area contributed by atoms with Gasteiger partial charge in [-0.2, -0.15) is 0 Å². The number of aryl methyl sites for hydroxylation is 1. The first-order chi connectivity index (χ1) is 13.0. The summed E-state index contributed by atoms with van der Waals surface area (Å²) >= 11 is 0. The normalized spacial score (nSPS) is 11.2. The standard InChI is InChI=1S/C23H36O4/c1-3-4-5-6-7-8-9-10-11-12-13-14-15-16-20-17-21(25)18-22(26)23(20)27-19(2)24/h8-9,17-18,25-26H,3-7,10-16H2,1-2H3. The number of allylic oxidation sites excluding steroid dienone is 2. The third-order valence-corrected chi connectivity index (χ3v) is 4.58. The van der Waals surface area contributed by atoms with Crippen LogP contribution >= 0.6 is 0 Å². The van der Waals surface area contributed by atoms with Gasteiger partial charge in [-0.3, -0.25) is 4.79 Å². The van der Waals surface area contributed by atoms with Crippen molar-refractivity contribution in [2.45, 2.75) is 90.9 Å². The van der Waals surface area contributed by atoms with E-state index in [1.165, 1.54) is 57.9 Å². The fourth-order valence-corrected chi connectivity index (χ4v) is 3.14. The van der Waals surface area contributed by atoms with Gasteiger partial charge in [0.2, 0.25) is 0 Å². The molecular weight excluding hydrogens is 340 g/mol. The summed E-state index contributed by atoms with van der Waals surface area (Å²) in [6.45, 7) is 3.54. The molecule has 0 amide bonds. The van der Waals surface area contributed by atoms with Gasteiger partial charge in [0.1, 0.15) is 5.75 Å². The SMILES string of the molecule is CCCCCCC=CCCCCCCCc1cc(O)cc(O)c1OC(C)=O. The smallest absolute Gasteiger partial charge is 0.308 e. The van der Waals surface area contributed by atoms with E-state index >= 15 is 0 Å². The van der Waals surface area contributed by atoms with E-state index in [4.69, 9.17) is 4.74 Å². The van der Waals surface area contributed by atoms with Crippen LogP contribution in [0.25, 0.3) is 0 Å². The average Bonchev–Trinajstić information content (AvgIpc) is 2.61. The first kappa shape index (κ1) is 23.1. The summed E-state index contributed by atoms with van der Waals surface area (Å²) in [5.74, 6) is -0.512. The van der Waals surface area contributed by atoms with E-state index in [-0.39, 0.29) is 17.2 Å². The van der Waals surface area contributed by atoms with Gasteiger partial charge in [-0.1, -0.05) is 57.6 Å². The minimum atomic E-state index is -0.476. The summed E-state index contributed by atoms with van der Waals surface area (Å²) < 4.78 is 5.09. The zero-order chi connectivity index (χ0) is 19.9.